The van der Waals surface area contributed by atoms with Gasteiger partial charge in [0.05, 0.1) is 18.1 Å². The lowest BCUT2D eigenvalue weighted by molar-refractivity contribution is -0.158. The number of carboxylic acid groups (broad SMARTS) is 2. The van der Waals surface area contributed by atoms with Crippen LogP contribution >= 0.6 is 0 Å². The van der Waals surface area contributed by atoms with Crippen LogP contribution in [0.1, 0.15) is 12.2 Å². The standard InChI is InChI=1S/C14H15NO6/c16-12(4-3-9-2-1-7-21-9)15-6-5-10(13(17)18)11(8-15)14(19)20/h1-4,7,10-11H,5-6,8H2,(H,17,18)(H,19,20)/b4-3+. The molecule has 1 aromatic heterocycles. The number of carboxylic acids is 2. The molecule has 0 spiro atoms. The van der Waals surface area contributed by atoms with E-state index in [1.807, 2.05) is 0 Å². The summed E-state index contributed by atoms with van der Waals surface area (Å²) >= 11 is 0. The number of carbonyl (C=O) groups is 3. The Labute approximate surface area is 120 Å². The summed E-state index contributed by atoms with van der Waals surface area (Å²) in [6, 6.07) is 3.36. The van der Waals surface area contributed by atoms with Crippen molar-refractivity contribution in [3.05, 3.63) is 30.2 Å². The molecule has 2 atom stereocenters. The third-order valence-electron chi connectivity index (χ3n) is 3.49. The Morgan fingerprint density at radius 2 is 1.95 bits per heavy atom. The SMILES string of the molecule is O=C(O)C1CCN(C(=O)/C=C/c2ccco2)CC1C(=O)O. The molecule has 0 bridgehead atoms. The fraction of sp³-hybridized carbons (Fsp3) is 0.357. The van der Waals surface area contributed by atoms with Crippen LogP contribution in [0.3, 0.4) is 0 Å². The fourth-order valence-electron chi connectivity index (χ4n) is 2.34. The van der Waals surface area contributed by atoms with Crippen LogP contribution in [0, 0.1) is 11.8 Å². The third kappa shape index (κ3) is 3.50. The number of aliphatic carboxylic acids is 2. The van der Waals surface area contributed by atoms with Crippen LogP contribution in [0.4, 0.5) is 0 Å². The molecule has 1 fully saturated rings. The largest absolute Gasteiger partial charge is 0.481 e. The van der Waals surface area contributed by atoms with Crippen molar-refractivity contribution in [2.45, 2.75) is 6.42 Å². The van der Waals surface area contributed by atoms with Crippen LogP contribution < -0.4 is 0 Å². The summed E-state index contributed by atoms with van der Waals surface area (Å²) in [5.74, 6) is -4.23. The van der Waals surface area contributed by atoms with E-state index in [9.17, 15) is 14.4 Å². The van der Waals surface area contributed by atoms with Crippen LogP contribution in [-0.2, 0) is 14.4 Å². The van der Waals surface area contributed by atoms with Crippen molar-refractivity contribution >= 4 is 23.9 Å². The molecule has 0 aromatic carbocycles. The van der Waals surface area contributed by atoms with E-state index in [1.54, 1.807) is 12.1 Å². The Bertz CT molecular complexity index is 562. The molecule has 2 rings (SSSR count). The molecule has 7 heteroatoms. The van der Waals surface area contributed by atoms with Gasteiger partial charge in [-0.15, -0.1) is 0 Å². The normalized spacial score (nSPS) is 22.4. The van der Waals surface area contributed by atoms with E-state index in [4.69, 9.17) is 14.6 Å². The summed E-state index contributed by atoms with van der Waals surface area (Å²) in [5.41, 5.74) is 0. The molecule has 2 unspecified atom stereocenters. The van der Waals surface area contributed by atoms with Crippen LogP contribution in [0.25, 0.3) is 6.08 Å². The van der Waals surface area contributed by atoms with E-state index in [2.05, 4.69) is 0 Å². The van der Waals surface area contributed by atoms with Gasteiger partial charge in [0, 0.05) is 19.2 Å². The van der Waals surface area contributed by atoms with Crippen molar-refractivity contribution < 1.29 is 29.0 Å². The number of amides is 1. The van der Waals surface area contributed by atoms with Crippen molar-refractivity contribution in [1.82, 2.24) is 4.90 Å². The van der Waals surface area contributed by atoms with Crippen LogP contribution in [0.2, 0.25) is 0 Å². The Morgan fingerprint density at radius 1 is 1.24 bits per heavy atom. The van der Waals surface area contributed by atoms with Crippen molar-refractivity contribution in [2.75, 3.05) is 13.1 Å². The molecule has 1 amide bonds. The van der Waals surface area contributed by atoms with Gasteiger partial charge in [0.15, 0.2) is 0 Å². The van der Waals surface area contributed by atoms with E-state index in [0.717, 1.165) is 0 Å². The molecule has 0 radical (unpaired) electrons. The minimum atomic E-state index is -1.20. The predicted molar refractivity (Wildman–Crippen MR) is 71.2 cm³/mol. The van der Waals surface area contributed by atoms with Gasteiger partial charge < -0.3 is 19.5 Å². The second kappa shape index (κ2) is 6.25. The number of piperidine rings is 1. The maximum atomic E-state index is 12.0. The monoisotopic (exact) mass is 293 g/mol. The Kier molecular flexibility index (Phi) is 4.42. The van der Waals surface area contributed by atoms with E-state index in [1.165, 1.54) is 23.3 Å². The first-order valence-electron chi connectivity index (χ1n) is 6.45. The summed E-state index contributed by atoms with van der Waals surface area (Å²) in [6.07, 6.45) is 4.38. The number of likely N-dealkylation sites (tertiary alicyclic amines) is 1. The van der Waals surface area contributed by atoms with Gasteiger partial charge in [-0.25, -0.2) is 0 Å². The van der Waals surface area contributed by atoms with Crippen molar-refractivity contribution in [3.8, 4) is 0 Å². The van der Waals surface area contributed by atoms with Gasteiger partial charge in [-0.3, -0.25) is 14.4 Å². The summed E-state index contributed by atoms with van der Waals surface area (Å²) in [5, 5.41) is 18.1. The smallest absolute Gasteiger partial charge is 0.309 e. The molecular formula is C14H15NO6. The van der Waals surface area contributed by atoms with Gasteiger partial charge in [0.1, 0.15) is 5.76 Å². The molecule has 2 heterocycles. The maximum Gasteiger partial charge on any atom is 0.309 e. The predicted octanol–water partition coefficient (Wildman–Crippen LogP) is 0.927. The van der Waals surface area contributed by atoms with E-state index in [-0.39, 0.29) is 25.4 Å². The lowest BCUT2D eigenvalue weighted by Gasteiger charge is -2.33. The van der Waals surface area contributed by atoms with Crippen molar-refractivity contribution in [3.63, 3.8) is 0 Å². The summed E-state index contributed by atoms with van der Waals surface area (Å²) in [6.45, 7) is 0.121. The van der Waals surface area contributed by atoms with Crippen LogP contribution in [-0.4, -0.2) is 46.0 Å². The van der Waals surface area contributed by atoms with Crippen LogP contribution in [0.15, 0.2) is 28.9 Å². The van der Waals surface area contributed by atoms with Crippen molar-refractivity contribution in [2.24, 2.45) is 11.8 Å². The number of hydrogen-bond acceptors (Lipinski definition) is 4. The topological polar surface area (TPSA) is 108 Å². The lowest BCUT2D eigenvalue weighted by Crippen LogP contribution is -2.48. The molecule has 7 nitrogen and oxygen atoms in total. The zero-order chi connectivity index (χ0) is 15.4. The first-order valence-corrected chi connectivity index (χ1v) is 6.45. The van der Waals surface area contributed by atoms with Gasteiger partial charge in [-0.05, 0) is 24.6 Å². The van der Waals surface area contributed by atoms with E-state index < -0.39 is 23.8 Å². The minimum Gasteiger partial charge on any atom is -0.481 e. The zero-order valence-corrected chi connectivity index (χ0v) is 11.1. The molecule has 112 valence electrons. The number of furan rings is 1. The van der Waals surface area contributed by atoms with E-state index >= 15 is 0 Å². The highest BCUT2D eigenvalue weighted by atomic mass is 16.4. The highest BCUT2D eigenvalue weighted by Crippen LogP contribution is 2.24. The minimum absolute atomic E-state index is 0.104. The van der Waals surface area contributed by atoms with Gasteiger partial charge >= 0.3 is 11.9 Å². The molecule has 0 saturated carbocycles. The van der Waals surface area contributed by atoms with Crippen LogP contribution in [0.5, 0.6) is 0 Å². The summed E-state index contributed by atoms with van der Waals surface area (Å²) in [7, 11) is 0. The highest BCUT2D eigenvalue weighted by molar-refractivity contribution is 5.92. The first-order chi connectivity index (χ1) is 9.99. The van der Waals surface area contributed by atoms with Crippen molar-refractivity contribution in [1.29, 1.82) is 0 Å². The molecule has 21 heavy (non-hydrogen) atoms. The van der Waals surface area contributed by atoms with Gasteiger partial charge in [-0.2, -0.15) is 0 Å². The average Bonchev–Trinajstić information content (AvgIpc) is 2.97. The van der Waals surface area contributed by atoms with Gasteiger partial charge in [0.2, 0.25) is 5.91 Å². The average molecular weight is 293 g/mol. The number of hydrogen-bond donors (Lipinski definition) is 2. The fourth-order valence-corrected chi connectivity index (χ4v) is 2.34. The first kappa shape index (κ1) is 14.8. The summed E-state index contributed by atoms with van der Waals surface area (Å²) < 4.78 is 5.05. The maximum absolute atomic E-state index is 12.0. The van der Waals surface area contributed by atoms with Gasteiger partial charge in [-0.1, -0.05) is 0 Å². The number of rotatable bonds is 4. The lowest BCUT2D eigenvalue weighted by atomic mass is 9.85. The van der Waals surface area contributed by atoms with E-state index in [0.29, 0.717) is 5.76 Å². The Morgan fingerprint density at radius 3 is 2.52 bits per heavy atom. The molecule has 1 aliphatic rings. The number of nitrogens with zero attached hydrogens (tertiary/aromatic N) is 1. The van der Waals surface area contributed by atoms with Gasteiger partial charge in [0.25, 0.3) is 0 Å². The second-order valence-corrected chi connectivity index (χ2v) is 4.81. The zero-order valence-electron chi connectivity index (χ0n) is 11.1. The Hall–Kier alpha value is -2.57. The highest BCUT2D eigenvalue weighted by Gasteiger charge is 2.39. The molecule has 1 aromatic rings. The Balaban J connectivity index is 2.03. The second-order valence-electron chi connectivity index (χ2n) is 4.81. The molecule has 1 aliphatic heterocycles. The quantitative estimate of drug-likeness (QED) is 0.799. The molecule has 2 N–H and O–H groups in total. The third-order valence-corrected chi connectivity index (χ3v) is 3.49. The molecular weight excluding hydrogens is 278 g/mol. The molecule has 0 aliphatic carbocycles. The summed E-state index contributed by atoms with van der Waals surface area (Å²) in [4.78, 5) is 35.5. The molecule has 1 saturated heterocycles. The number of carbonyl (C=O) groups excluding carboxylic acids is 1.